The molecule has 9 heteroatoms. The van der Waals surface area contributed by atoms with E-state index < -0.39 is 11.8 Å². The molecule has 1 aromatic heterocycles. The van der Waals surface area contributed by atoms with Crippen molar-refractivity contribution in [2.75, 3.05) is 4.90 Å². The van der Waals surface area contributed by atoms with Gasteiger partial charge in [-0.2, -0.15) is 0 Å². The minimum absolute atomic E-state index is 0.0460. The van der Waals surface area contributed by atoms with Crippen molar-refractivity contribution in [2.45, 2.75) is 6.92 Å². The fourth-order valence-electron chi connectivity index (χ4n) is 4.08. The van der Waals surface area contributed by atoms with E-state index in [0.29, 0.717) is 28.6 Å². The Labute approximate surface area is 218 Å². The normalized spacial score (nSPS) is 14.7. The Kier molecular flexibility index (Phi) is 6.29. The molecule has 8 nitrogen and oxygen atoms in total. The number of hydrogen-bond acceptors (Lipinski definition) is 5. The molecule has 2 heterocycles. The van der Waals surface area contributed by atoms with Crippen molar-refractivity contribution < 1.29 is 14.3 Å². The maximum atomic E-state index is 13.5. The summed E-state index contributed by atoms with van der Waals surface area (Å²) >= 11 is 5.30. The third-order valence-corrected chi connectivity index (χ3v) is 6.35. The highest BCUT2D eigenvalue weighted by molar-refractivity contribution is 7.80. The number of thiocarbonyl (C=S) groups is 1. The first-order chi connectivity index (χ1) is 17.8. The van der Waals surface area contributed by atoms with Crippen LogP contribution in [-0.4, -0.2) is 26.3 Å². The first kappa shape index (κ1) is 24.0. The van der Waals surface area contributed by atoms with Crippen molar-refractivity contribution in [1.29, 1.82) is 0 Å². The second-order valence-electron chi connectivity index (χ2n) is 8.34. The van der Waals surface area contributed by atoms with Gasteiger partial charge in [0.1, 0.15) is 17.1 Å². The molecule has 1 fully saturated rings. The monoisotopic (exact) mass is 510 g/mol. The van der Waals surface area contributed by atoms with Crippen LogP contribution in [0.5, 0.6) is 11.5 Å². The van der Waals surface area contributed by atoms with E-state index in [0.717, 1.165) is 0 Å². The van der Waals surface area contributed by atoms with Crippen molar-refractivity contribution in [3.05, 3.63) is 112 Å². The highest BCUT2D eigenvalue weighted by atomic mass is 32.1. The van der Waals surface area contributed by atoms with Crippen LogP contribution in [-0.2, 0) is 16.6 Å². The summed E-state index contributed by atoms with van der Waals surface area (Å²) in [5.41, 5.74) is 1.43. The van der Waals surface area contributed by atoms with Crippen LogP contribution in [0.4, 0.5) is 5.69 Å². The number of anilines is 1. The third-order valence-electron chi connectivity index (χ3n) is 6.06. The quantitative estimate of drug-likeness (QED) is 0.248. The maximum Gasteiger partial charge on any atom is 0.278 e. The van der Waals surface area contributed by atoms with Gasteiger partial charge in [-0.05, 0) is 73.7 Å². The van der Waals surface area contributed by atoms with Crippen LogP contribution in [0.25, 0.3) is 11.8 Å². The molecule has 0 unspecified atom stereocenters. The van der Waals surface area contributed by atoms with E-state index in [1.165, 1.54) is 15.7 Å². The molecule has 4 aromatic rings. The molecule has 1 aliphatic heterocycles. The van der Waals surface area contributed by atoms with Crippen LogP contribution in [0.3, 0.4) is 0 Å². The van der Waals surface area contributed by atoms with Gasteiger partial charge >= 0.3 is 0 Å². The van der Waals surface area contributed by atoms with E-state index in [1.54, 1.807) is 42.9 Å². The van der Waals surface area contributed by atoms with Crippen LogP contribution in [0.1, 0.15) is 11.3 Å². The number of aromatic nitrogens is 2. The van der Waals surface area contributed by atoms with E-state index in [1.807, 2.05) is 60.7 Å². The molecule has 1 saturated heterocycles. The molecule has 0 saturated carbocycles. The van der Waals surface area contributed by atoms with Crippen molar-refractivity contribution in [3.63, 3.8) is 0 Å². The van der Waals surface area contributed by atoms with Gasteiger partial charge in [0.05, 0.1) is 16.9 Å². The second-order valence-corrected chi connectivity index (χ2v) is 8.73. The van der Waals surface area contributed by atoms with Crippen molar-refractivity contribution in [2.24, 2.45) is 7.05 Å². The Morgan fingerprint density at radius 2 is 1.41 bits per heavy atom. The molecule has 0 radical (unpaired) electrons. The zero-order valence-electron chi connectivity index (χ0n) is 20.0. The molecule has 1 aliphatic rings. The van der Waals surface area contributed by atoms with E-state index in [4.69, 9.17) is 17.0 Å². The maximum absolute atomic E-state index is 13.5. The van der Waals surface area contributed by atoms with Gasteiger partial charge in [0, 0.05) is 12.7 Å². The molecular formula is C28H22N4O4S. The molecule has 184 valence electrons. The number of hydrogen-bond donors (Lipinski definition) is 1. The van der Waals surface area contributed by atoms with Crippen molar-refractivity contribution in [1.82, 2.24) is 14.7 Å². The van der Waals surface area contributed by atoms with E-state index in [2.05, 4.69) is 5.32 Å². The number of nitrogens with one attached hydrogen (secondary N) is 1. The Hall–Kier alpha value is -4.76. The number of carbonyl (C=O) groups excluding carboxylic acids is 2. The highest BCUT2D eigenvalue weighted by Gasteiger charge is 2.35. The molecule has 0 aliphatic carbocycles. The summed E-state index contributed by atoms with van der Waals surface area (Å²) in [6.45, 7) is 1.76. The summed E-state index contributed by atoms with van der Waals surface area (Å²) in [5.74, 6) is -0.0354. The summed E-state index contributed by atoms with van der Waals surface area (Å²) in [6, 6.07) is 25.2. The summed E-state index contributed by atoms with van der Waals surface area (Å²) < 4.78 is 8.98. The predicted molar refractivity (Wildman–Crippen MR) is 145 cm³/mol. The fraction of sp³-hybridized carbons (Fsp3) is 0.0714. The van der Waals surface area contributed by atoms with Crippen molar-refractivity contribution >= 4 is 40.9 Å². The molecular weight excluding hydrogens is 488 g/mol. The molecule has 37 heavy (non-hydrogen) atoms. The lowest BCUT2D eigenvalue weighted by atomic mass is 10.1. The number of rotatable bonds is 5. The smallest absolute Gasteiger partial charge is 0.278 e. The predicted octanol–water partition coefficient (Wildman–Crippen LogP) is 4.11. The lowest BCUT2D eigenvalue weighted by molar-refractivity contribution is -0.122. The van der Waals surface area contributed by atoms with Gasteiger partial charge in [-0.1, -0.05) is 36.4 Å². The topological polar surface area (TPSA) is 85.6 Å². The average molecular weight is 511 g/mol. The number of nitrogens with zero attached hydrogens (tertiary/aromatic N) is 3. The lowest BCUT2D eigenvalue weighted by Gasteiger charge is -2.29. The minimum atomic E-state index is -0.663. The molecule has 1 N–H and O–H groups in total. The second kappa shape index (κ2) is 9.71. The van der Waals surface area contributed by atoms with E-state index in [9.17, 15) is 14.4 Å². The first-order valence-electron chi connectivity index (χ1n) is 11.4. The zero-order valence-corrected chi connectivity index (χ0v) is 20.9. The number of amides is 2. The van der Waals surface area contributed by atoms with E-state index >= 15 is 0 Å². The van der Waals surface area contributed by atoms with Crippen molar-refractivity contribution in [3.8, 4) is 17.2 Å². The highest BCUT2D eigenvalue weighted by Crippen LogP contribution is 2.27. The third kappa shape index (κ3) is 4.48. The standard InChI is InChI=1S/C28H22N4O4S/c1-18-23(27(35)32(30(18)2)20-9-5-3-6-10-20)17-24-25(33)29-28(37)31(26(24)34)19-13-15-22(16-14-19)36-21-11-7-4-8-12-21/h3-17H,1-2H3,(H,29,33,37)/b24-17-. The Morgan fingerprint density at radius 1 is 0.811 bits per heavy atom. The number of para-hydroxylation sites is 2. The summed E-state index contributed by atoms with van der Waals surface area (Å²) in [5, 5.41) is 2.51. The molecule has 0 bridgehead atoms. The molecule has 5 rings (SSSR count). The van der Waals surface area contributed by atoms with Gasteiger partial charge in [-0.15, -0.1) is 0 Å². The summed E-state index contributed by atoms with van der Waals surface area (Å²) in [4.78, 5) is 40.8. The van der Waals surface area contributed by atoms with Crippen LogP contribution in [0, 0.1) is 6.92 Å². The average Bonchev–Trinajstić information content (AvgIpc) is 3.11. The van der Waals surface area contributed by atoms with Crippen LogP contribution in [0.2, 0.25) is 0 Å². The summed E-state index contributed by atoms with van der Waals surface area (Å²) in [7, 11) is 1.75. The Morgan fingerprint density at radius 3 is 2.05 bits per heavy atom. The van der Waals surface area contributed by atoms with Gasteiger partial charge in [-0.25, -0.2) is 4.68 Å². The van der Waals surface area contributed by atoms with Crippen LogP contribution < -0.4 is 20.5 Å². The number of carbonyl (C=O) groups is 2. The molecule has 0 spiro atoms. The van der Waals surface area contributed by atoms with Gasteiger partial charge < -0.3 is 4.74 Å². The summed E-state index contributed by atoms with van der Waals surface area (Å²) in [6.07, 6.45) is 1.33. The molecule has 0 atom stereocenters. The fourth-order valence-corrected chi connectivity index (χ4v) is 4.36. The zero-order chi connectivity index (χ0) is 26.1. The SMILES string of the molecule is Cc1c(/C=C2/C(=O)NC(=S)N(c3ccc(Oc4ccccc4)cc3)C2=O)c(=O)n(-c2ccccc2)n1C. The minimum Gasteiger partial charge on any atom is -0.457 e. The van der Waals surface area contributed by atoms with Crippen LogP contribution in [0.15, 0.2) is 95.3 Å². The molecule has 2 amide bonds. The van der Waals surface area contributed by atoms with Gasteiger partial charge in [0.15, 0.2) is 5.11 Å². The Balaban J connectivity index is 1.48. The number of benzene rings is 3. The van der Waals surface area contributed by atoms with Gasteiger partial charge in [0.2, 0.25) is 0 Å². The lowest BCUT2D eigenvalue weighted by Crippen LogP contribution is -2.54. The first-order valence-corrected chi connectivity index (χ1v) is 11.8. The largest absolute Gasteiger partial charge is 0.457 e. The number of ether oxygens (including phenoxy) is 1. The van der Waals surface area contributed by atoms with Gasteiger partial charge in [-0.3, -0.25) is 29.3 Å². The molecule has 3 aromatic carbocycles. The van der Waals surface area contributed by atoms with E-state index in [-0.39, 0.29) is 21.8 Å². The van der Waals surface area contributed by atoms with Gasteiger partial charge in [0.25, 0.3) is 17.4 Å². The Bertz CT molecular complexity index is 1600. The van der Waals surface area contributed by atoms with Crippen LogP contribution >= 0.6 is 12.2 Å².